The van der Waals surface area contributed by atoms with Crippen LogP contribution in [0.2, 0.25) is 0 Å². The van der Waals surface area contributed by atoms with E-state index in [1.165, 1.54) is 42.0 Å². The fourth-order valence-electron chi connectivity index (χ4n) is 3.41. The number of benzene rings is 4. The Morgan fingerprint density at radius 1 is 0.684 bits per heavy atom. The van der Waals surface area contributed by atoms with Gasteiger partial charge in [-0.1, -0.05) is 72.8 Å². The van der Waals surface area contributed by atoms with Crippen molar-refractivity contribution in [1.82, 2.24) is 10.6 Å². The third-order valence-electron chi connectivity index (χ3n) is 5.39. The summed E-state index contributed by atoms with van der Waals surface area (Å²) in [4.78, 5) is 11.8. The summed E-state index contributed by atoms with van der Waals surface area (Å²) in [6.45, 7) is 2.05. The molecule has 3 N–H and O–H groups in total. The molecule has 0 amide bonds. The molecular weight excluding hydrogens is 529 g/mol. The first-order chi connectivity index (χ1) is 17.5. The monoisotopic (exact) mass is 562 g/mol. The summed E-state index contributed by atoms with van der Waals surface area (Å²) in [5.74, 6) is -0.655. The lowest BCUT2D eigenvalue weighted by Crippen LogP contribution is -2.22. The SMILES string of the molecule is Cl.Cl.O=C(CNCc1ccccc1)c1ccc(F)cc1.OC(CNCc1ccccc1)c1ccc(F)cc1.[HH]. The Labute approximate surface area is 236 Å². The number of carbonyl (C=O) groups is 1. The molecular formula is C30H34Cl2F2N2O2. The topological polar surface area (TPSA) is 61.4 Å². The van der Waals surface area contributed by atoms with Gasteiger partial charge >= 0.3 is 0 Å². The summed E-state index contributed by atoms with van der Waals surface area (Å²) in [6, 6.07) is 31.3. The van der Waals surface area contributed by atoms with Gasteiger partial charge in [-0.25, -0.2) is 8.78 Å². The van der Waals surface area contributed by atoms with Gasteiger partial charge in [0.25, 0.3) is 0 Å². The smallest absolute Gasteiger partial charge is 0.176 e. The Balaban J connectivity index is 0.000000688. The van der Waals surface area contributed by atoms with Crippen molar-refractivity contribution in [1.29, 1.82) is 0 Å². The standard InChI is InChI=1S/C15H16FNO.C15H14FNO.2ClH.H2/c2*16-14-8-6-13(7-9-14)15(18)11-17-10-12-4-2-1-3-5-12;;;/h1-9,15,17-18H,10-11H2;1-9,17H,10-11H2;3*1H. The first-order valence-electron chi connectivity index (χ1n) is 11.7. The maximum absolute atomic E-state index is 12.7. The largest absolute Gasteiger partial charge is 0.387 e. The van der Waals surface area contributed by atoms with Crippen LogP contribution in [-0.2, 0) is 13.1 Å². The summed E-state index contributed by atoms with van der Waals surface area (Å²) in [6.07, 6.45) is -0.616. The number of aliphatic hydroxyl groups excluding tert-OH is 1. The zero-order chi connectivity index (χ0) is 25.6. The fourth-order valence-corrected chi connectivity index (χ4v) is 3.41. The Kier molecular flexibility index (Phi) is 15.7. The van der Waals surface area contributed by atoms with Crippen LogP contribution in [0, 0.1) is 11.6 Å². The minimum atomic E-state index is -0.616. The van der Waals surface area contributed by atoms with Gasteiger partial charge in [-0.3, -0.25) is 4.79 Å². The molecule has 0 fully saturated rings. The number of nitrogens with one attached hydrogen (secondary N) is 2. The molecule has 4 aromatic carbocycles. The average molecular weight is 564 g/mol. The molecule has 0 radical (unpaired) electrons. The molecule has 38 heavy (non-hydrogen) atoms. The molecule has 0 saturated carbocycles. The second-order valence-corrected chi connectivity index (χ2v) is 8.20. The van der Waals surface area contributed by atoms with Crippen molar-refractivity contribution < 1.29 is 20.1 Å². The van der Waals surface area contributed by atoms with E-state index >= 15 is 0 Å². The van der Waals surface area contributed by atoms with Crippen molar-refractivity contribution in [3.05, 3.63) is 143 Å². The summed E-state index contributed by atoms with van der Waals surface area (Å²) < 4.78 is 25.4. The molecule has 1 unspecified atom stereocenters. The van der Waals surface area contributed by atoms with E-state index in [9.17, 15) is 18.7 Å². The molecule has 0 bridgehead atoms. The van der Waals surface area contributed by atoms with Gasteiger partial charge in [-0.2, -0.15) is 0 Å². The van der Waals surface area contributed by atoms with Crippen LogP contribution in [0.25, 0.3) is 0 Å². The Morgan fingerprint density at radius 2 is 1.13 bits per heavy atom. The molecule has 4 rings (SSSR count). The van der Waals surface area contributed by atoms with Crippen LogP contribution in [0.15, 0.2) is 109 Å². The second-order valence-electron chi connectivity index (χ2n) is 8.20. The predicted molar refractivity (Wildman–Crippen MR) is 155 cm³/mol. The van der Waals surface area contributed by atoms with E-state index in [4.69, 9.17) is 0 Å². The molecule has 1 atom stereocenters. The summed E-state index contributed by atoms with van der Waals surface area (Å²) >= 11 is 0. The maximum atomic E-state index is 12.7. The number of ketones is 1. The van der Waals surface area contributed by atoms with Gasteiger partial charge in [0.05, 0.1) is 12.6 Å². The lowest BCUT2D eigenvalue weighted by atomic mass is 10.1. The van der Waals surface area contributed by atoms with Crippen LogP contribution >= 0.6 is 24.8 Å². The summed E-state index contributed by atoms with van der Waals surface area (Å²) in [5.41, 5.74) is 3.54. The molecule has 0 aromatic heterocycles. The lowest BCUT2D eigenvalue weighted by Gasteiger charge is -2.12. The number of aliphatic hydroxyl groups is 1. The fraction of sp³-hybridized carbons (Fsp3) is 0.167. The second kappa shape index (κ2) is 18.2. The number of rotatable bonds is 10. The van der Waals surface area contributed by atoms with Crippen molar-refractivity contribution in [2.75, 3.05) is 13.1 Å². The molecule has 0 aliphatic carbocycles. The first kappa shape index (κ1) is 32.9. The third kappa shape index (κ3) is 11.9. The molecule has 0 heterocycles. The maximum Gasteiger partial charge on any atom is 0.176 e. The predicted octanol–water partition coefficient (Wildman–Crippen LogP) is 6.54. The zero-order valence-electron chi connectivity index (χ0n) is 20.7. The Bertz CT molecular complexity index is 1190. The van der Waals surface area contributed by atoms with Crippen molar-refractivity contribution >= 4 is 30.6 Å². The van der Waals surface area contributed by atoms with Gasteiger partial charge < -0.3 is 15.7 Å². The Hall–Kier alpha value is -3.13. The van der Waals surface area contributed by atoms with E-state index in [0.717, 1.165) is 11.1 Å². The Morgan fingerprint density at radius 3 is 1.63 bits per heavy atom. The van der Waals surface area contributed by atoms with E-state index in [0.29, 0.717) is 25.2 Å². The van der Waals surface area contributed by atoms with Gasteiger partial charge in [0.2, 0.25) is 0 Å². The van der Waals surface area contributed by atoms with Crippen LogP contribution in [-0.4, -0.2) is 24.0 Å². The minimum absolute atomic E-state index is 0. The first-order valence-corrected chi connectivity index (χ1v) is 11.7. The molecule has 0 spiro atoms. The molecule has 0 aliphatic rings. The number of halogens is 4. The van der Waals surface area contributed by atoms with Gasteiger partial charge in [-0.05, 0) is 53.1 Å². The highest BCUT2D eigenvalue weighted by Crippen LogP contribution is 2.12. The number of hydrogen-bond donors (Lipinski definition) is 3. The molecule has 204 valence electrons. The van der Waals surface area contributed by atoms with Crippen molar-refractivity contribution in [3.63, 3.8) is 0 Å². The van der Waals surface area contributed by atoms with Crippen LogP contribution < -0.4 is 10.6 Å². The highest BCUT2D eigenvalue weighted by atomic mass is 35.5. The normalized spacial score (nSPS) is 10.7. The molecule has 0 aliphatic heterocycles. The van der Waals surface area contributed by atoms with E-state index in [1.54, 1.807) is 12.1 Å². The van der Waals surface area contributed by atoms with Gasteiger partial charge in [0.15, 0.2) is 5.78 Å². The summed E-state index contributed by atoms with van der Waals surface area (Å²) in [7, 11) is 0. The van der Waals surface area contributed by atoms with Crippen molar-refractivity contribution in [3.8, 4) is 0 Å². The van der Waals surface area contributed by atoms with Crippen LogP contribution in [0.1, 0.15) is 34.6 Å². The summed E-state index contributed by atoms with van der Waals surface area (Å²) in [5, 5.41) is 16.1. The van der Waals surface area contributed by atoms with Gasteiger partial charge in [-0.15, -0.1) is 24.8 Å². The number of hydrogen-bond acceptors (Lipinski definition) is 4. The van der Waals surface area contributed by atoms with E-state index in [2.05, 4.69) is 10.6 Å². The van der Waals surface area contributed by atoms with Crippen molar-refractivity contribution in [2.45, 2.75) is 19.2 Å². The average Bonchev–Trinajstić information content (AvgIpc) is 2.91. The van der Waals surface area contributed by atoms with Crippen LogP contribution in [0.5, 0.6) is 0 Å². The molecule has 0 saturated heterocycles. The van der Waals surface area contributed by atoms with Gasteiger partial charge in [0.1, 0.15) is 11.6 Å². The highest BCUT2D eigenvalue weighted by molar-refractivity contribution is 5.97. The quantitative estimate of drug-likeness (QED) is 0.192. The molecule has 4 aromatic rings. The minimum Gasteiger partial charge on any atom is -0.387 e. The highest BCUT2D eigenvalue weighted by Gasteiger charge is 2.07. The van der Waals surface area contributed by atoms with Crippen molar-refractivity contribution in [2.24, 2.45) is 0 Å². The zero-order valence-corrected chi connectivity index (χ0v) is 22.4. The van der Waals surface area contributed by atoms with E-state index in [1.807, 2.05) is 60.7 Å². The third-order valence-corrected chi connectivity index (χ3v) is 5.39. The van der Waals surface area contributed by atoms with E-state index < -0.39 is 6.10 Å². The lowest BCUT2D eigenvalue weighted by molar-refractivity contribution is 0.0990. The number of Topliss-reactive ketones (excluding diaryl/α,β-unsaturated/α-hetero) is 1. The van der Waals surface area contributed by atoms with Crippen LogP contribution in [0.4, 0.5) is 8.78 Å². The molecule has 8 heteroatoms. The number of carbonyl (C=O) groups excluding carboxylic acids is 1. The van der Waals surface area contributed by atoms with Gasteiger partial charge in [0, 0.05) is 26.6 Å². The van der Waals surface area contributed by atoms with E-state index in [-0.39, 0.29) is 50.2 Å². The molecule has 4 nitrogen and oxygen atoms in total. The van der Waals surface area contributed by atoms with Crippen LogP contribution in [0.3, 0.4) is 0 Å².